The highest BCUT2D eigenvalue weighted by molar-refractivity contribution is 7.80. The van der Waals surface area contributed by atoms with E-state index in [2.05, 4.69) is 29.4 Å². The first-order chi connectivity index (χ1) is 8.66. The second kappa shape index (κ2) is 4.55. The molecule has 0 radical (unpaired) electrons. The van der Waals surface area contributed by atoms with Gasteiger partial charge in [-0.3, -0.25) is 14.7 Å². The number of fused-ring (bicyclic) bond motifs is 2. The Morgan fingerprint density at radius 2 is 2.22 bits per heavy atom. The zero-order valence-corrected chi connectivity index (χ0v) is 11.3. The molecular formula is C13H17N3OS. The van der Waals surface area contributed by atoms with Gasteiger partial charge in [-0.15, -0.1) is 0 Å². The first kappa shape index (κ1) is 12.0. The predicted molar refractivity (Wildman–Crippen MR) is 72.6 cm³/mol. The highest BCUT2D eigenvalue weighted by atomic mass is 32.1. The molecule has 2 bridgehead atoms. The quantitative estimate of drug-likeness (QED) is 0.816. The third-order valence-corrected chi connectivity index (χ3v) is 4.22. The number of aromatic nitrogens is 1. The monoisotopic (exact) mass is 263 g/mol. The Morgan fingerprint density at radius 3 is 2.78 bits per heavy atom. The van der Waals surface area contributed by atoms with Crippen LogP contribution in [0.1, 0.15) is 23.7 Å². The van der Waals surface area contributed by atoms with Crippen LogP contribution in [-0.2, 0) is 0 Å². The van der Waals surface area contributed by atoms with Crippen LogP contribution in [0, 0.1) is 0 Å². The normalized spacial score (nSPS) is 28.7. The van der Waals surface area contributed by atoms with Gasteiger partial charge >= 0.3 is 0 Å². The molecule has 3 unspecified atom stereocenters. The summed E-state index contributed by atoms with van der Waals surface area (Å²) in [5, 5.41) is 0.269. The van der Waals surface area contributed by atoms with E-state index in [1.54, 1.807) is 12.4 Å². The molecule has 4 nitrogen and oxygen atoms in total. The topological polar surface area (TPSA) is 36.4 Å². The molecule has 18 heavy (non-hydrogen) atoms. The van der Waals surface area contributed by atoms with Crippen LogP contribution in [0.25, 0.3) is 0 Å². The van der Waals surface area contributed by atoms with Crippen LogP contribution < -0.4 is 0 Å². The van der Waals surface area contributed by atoms with Crippen LogP contribution in [0.5, 0.6) is 0 Å². The van der Waals surface area contributed by atoms with Crippen LogP contribution >= 0.6 is 12.6 Å². The average Bonchev–Trinajstić information content (AvgIpc) is 2.39. The van der Waals surface area contributed by atoms with Gasteiger partial charge in [-0.25, -0.2) is 0 Å². The fraction of sp³-hybridized carbons (Fsp3) is 0.538. The van der Waals surface area contributed by atoms with E-state index in [4.69, 9.17) is 0 Å². The van der Waals surface area contributed by atoms with E-state index in [1.165, 1.54) is 0 Å². The largest absolute Gasteiger partial charge is 0.330 e. The van der Waals surface area contributed by atoms with Gasteiger partial charge in [0.1, 0.15) is 0 Å². The van der Waals surface area contributed by atoms with Crippen LogP contribution in [0.3, 0.4) is 0 Å². The van der Waals surface area contributed by atoms with Crippen LogP contribution in [0.15, 0.2) is 24.5 Å². The SMILES string of the molecule is CC(S)N1CC2CC(C1)N2C(=O)c1cccnc1. The summed E-state index contributed by atoms with van der Waals surface area (Å²) in [4.78, 5) is 20.7. The van der Waals surface area contributed by atoms with Crippen molar-refractivity contribution in [3.63, 3.8) is 0 Å². The fourth-order valence-corrected chi connectivity index (χ4v) is 3.11. The highest BCUT2D eigenvalue weighted by Gasteiger charge is 2.47. The minimum absolute atomic E-state index is 0.121. The van der Waals surface area contributed by atoms with Gasteiger partial charge in [-0.1, -0.05) is 0 Å². The number of pyridine rings is 1. The molecule has 96 valence electrons. The number of piperidine rings is 1. The molecule has 0 saturated carbocycles. The maximum atomic E-state index is 12.4. The number of hydrogen-bond acceptors (Lipinski definition) is 4. The average molecular weight is 263 g/mol. The molecule has 5 heteroatoms. The summed E-state index contributed by atoms with van der Waals surface area (Å²) in [6.07, 6.45) is 4.47. The molecule has 3 fully saturated rings. The highest BCUT2D eigenvalue weighted by Crippen LogP contribution is 2.34. The minimum atomic E-state index is 0.121. The molecule has 3 aliphatic heterocycles. The second-order valence-corrected chi connectivity index (χ2v) is 5.83. The number of carbonyl (C=O) groups is 1. The molecule has 1 aromatic rings. The van der Waals surface area contributed by atoms with Gasteiger partial charge in [0.25, 0.3) is 5.91 Å². The van der Waals surface area contributed by atoms with E-state index in [9.17, 15) is 4.79 Å². The van der Waals surface area contributed by atoms with Crippen molar-refractivity contribution in [1.29, 1.82) is 0 Å². The lowest BCUT2D eigenvalue weighted by molar-refractivity contribution is -0.0491. The molecule has 3 atom stereocenters. The molecule has 4 heterocycles. The maximum absolute atomic E-state index is 12.4. The summed E-state index contributed by atoms with van der Waals surface area (Å²) in [5.41, 5.74) is 0.694. The molecule has 4 rings (SSSR count). The first-order valence-corrected chi connectivity index (χ1v) is 6.83. The van der Waals surface area contributed by atoms with Gasteiger partial charge in [0.05, 0.1) is 10.9 Å². The third kappa shape index (κ3) is 1.91. The number of hydrogen-bond donors (Lipinski definition) is 1. The molecule has 0 N–H and O–H groups in total. The Labute approximate surface area is 112 Å². The van der Waals surface area contributed by atoms with E-state index < -0.39 is 0 Å². The van der Waals surface area contributed by atoms with E-state index in [1.807, 2.05) is 17.0 Å². The zero-order valence-electron chi connectivity index (χ0n) is 10.4. The molecule has 3 saturated heterocycles. The fourth-order valence-electron chi connectivity index (χ4n) is 2.92. The van der Waals surface area contributed by atoms with Gasteiger partial charge in [-0.05, 0) is 25.5 Å². The van der Waals surface area contributed by atoms with Crippen LogP contribution in [0.4, 0.5) is 0 Å². The molecule has 0 aromatic carbocycles. The minimum Gasteiger partial charge on any atom is -0.330 e. The van der Waals surface area contributed by atoms with Crippen LogP contribution in [0.2, 0.25) is 0 Å². The van der Waals surface area contributed by atoms with Gasteiger partial charge in [0.2, 0.25) is 0 Å². The summed E-state index contributed by atoms with van der Waals surface area (Å²) in [6.45, 7) is 3.96. The summed E-state index contributed by atoms with van der Waals surface area (Å²) < 4.78 is 0. The van der Waals surface area contributed by atoms with E-state index in [-0.39, 0.29) is 11.3 Å². The summed E-state index contributed by atoms with van der Waals surface area (Å²) >= 11 is 4.47. The first-order valence-electron chi connectivity index (χ1n) is 6.31. The lowest BCUT2D eigenvalue weighted by Gasteiger charge is -2.57. The molecule has 1 aromatic heterocycles. The summed E-state index contributed by atoms with van der Waals surface area (Å²) in [7, 11) is 0. The van der Waals surface area contributed by atoms with Crippen molar-refractivity contribution in [2.75, 3.05) is 13.1 Å². The van der Waals surface area contributed by atoms with Gasteiger partial charge in [-0.2, -0.15) is 12.6 Å². The predicted octanol–water partition coefficient (Wildman–Crippen LogP) is 1.26. The smallest absolute Gasteiger partial charge is 0.256 e. The Bertz CT molecular complexity index is 439. The van der Waals surface area contributed by atoms with Crippen molar-refractivity contribution in [2.45, 2.75) is 30.8 Å². The maximum Gasteiger partial charge on any atom is 0.256 e. The Balaban J connectivity index is 1.72. The van der Waals surface area contributed by atoms with Gasteiger partial charge in [0, 0.05) is 37.6 Å². The van der Waals surface area contributed by atoms with Gasteiger partial charge in [0.15, 0.2) is 0 Å². The van der Waals surface area contributed by atoms with Crippen LogP contribution in [-0.4, -0.2) is 51.2 Å². The number of piperazine rings is 1. The summed E-state index contributed by atoms with van der Waals surface area (Å²) in [5.74, 6) is 0.121. The lowest BCUT2D eigenvalue weighted by atomic mass is 9.86. The van der Waals surface area contributed by atoms with E-state index >= 15 is 0 Å². The third-order valence-electron chi connectivity index (χ3n) is 3.89. The number of thiol groups is 1. The molecule has 0 spiro atoms. The van der Waals surface area contributed by atoms with Crippen molar-refractivity contribution >= 4 is 18.5 Å². The second-order valence-electron chi connectivity index (χ2n) is 5.08. The van der Waals surface area contributed by atoms with Crippen molar-refractivity contribution in [2.24, 2.45) is 0 Å². The van der Waals surface area contributed by atoms with Crippen molar-refractivity contribution in [1.82, 2.24) is 14.8 Å². The Kier molecular flexibility index (Phi) is 3.03. The summed E-state index contributed by atoms with van der Waals surface area (Å²) in [6, 6.07) is 4.35. The molecule has 0 aliphatic carbocycles. The Morgan fingerprint density at radius 1 is 1.50 bits per heavy atom. The van der Waals surface area contributed by atoms with Crippen molar-refractivity contribution < 1.29 is 4.79 Å². The Hall–Kier alpha value is -1.07. The number of amides is 1. The molecule has 3 aliphatic rings. The number of nitrogens with zero attached hydrogens (tertiary/aromatic N) is 3. The van der Waals surface area contributed by atoms with Crippen molar-refractivity contribution in [3.8, 4) is 0 Å². The van der Waals surface area contributed by atoms with Crippen molar-refractivity contribution in [3.05, 3.63) is 30.1 Å². The number of rotatable bonds is 2. The lowest BCUT2D eigenvalue weighted by Crippen LogP contribution is -2.70. The zero-order chi connectivity index (χ0) is 12.7. The molecule has 1 amide bonds. The number of carbonyl (C=O) groups excluding carboxylic acids is 1. The molecular weight excluding hydrogens is 246 g/mol. The van der Waals surface area contributed by atoms with E-state index in [0.29, 0.717) is 17.6 Å². The van der Waals surface area contributed by atoms with Gasteiger partial charge < -0.3 is 4.90 Å². The van der Waals surface area contributed by atoms with E-state index in [0.717, 1.165) is 19.5 Å². The standard InChI is InChI=1S/C13H17N3OS/c1-9(18)15-7-11-5-12(8-15)16(11)13(17)10-3-2-4-14-6-10/h2-4,6,9,11-12,18H,5,7-8H2,1H3.